The van der Waals surface area contributed by atoms with Crippen LogP contribution >= 0.6 is 23.4 Å². The lowest BCUT2D eigenvalue weighted by Crippen LogP contribution is -2.33. The highest BCUT2D eigenvalue weighted by Crippen LogP contribution is 2.29. The second kappa shape index (κ2) is 8.03. The van der Waals surface area contributed by atoms with Gasteiger partial charge in [0, 0.05) is 24.9 Å². The van der Waals surface area contributed by atoms with E-state index in [1.807, 2.05) is 24.8 Å². The standard InChI is InChI=1S/C15H25ClN2S/c1-5-13(10-19-4)18(3)15-7-6-12(8-11(2)17)9-14(15)16/h6-7,9,11,13H,5,8,10,17H2,1-4H3. The van der Waals surface area contributed by atoms with E-state index in [0.717, 1.165) is 29.3 Å². The number of benzene rings is 1. The quantitative estimate of drug-likeness (QED) is 0.830. The topological polar surface area (TPSA) is 29.3 Å². The van der Waals surface area contributed by atoms with Crippen molar-refractivity contribution in [3.05, 3.63) is 28.8 Å². The predicted octanol–water partition coefficient (Wildman–Crippen LogP) is 3.81. The number of nitrogens with zero attached hydrogens (tertiary/aromatic N) is 1. The van der Waals surface area contributed by atoms with E-state index in [2.05, 4.69) is 37.3 Å². The maximum atomic E-state index is 6.42. The average Bonchev–Trinajstić information content (AvgIpc) is 2.34. The fourth-order valence-corrected chi connectivity index (χ4v) is 3.41. The Morgan fingerprint density at radius 1 is 1.42 bits per heavy atom. The summed E-state index contributed by atoms with van der Waals surface area (Å²) < 4.78 is 0. The lowest BCUT2D eigenvalue weighted by molar-refractivity contribution is 0.673. The molecule has 4 heteroatoms. The van der Waals surface area contributed by atoms with Crippen LogP contribution in [0.4, 0.5) is 5.69 Å². The van der Waals surface area contributed by atoms with E-state index in [-0.39, 0.29) is 6.04 Å². The maximum Gasteiger partial charge on any atom is 0.0642 e. The van der Waals surface area contributed by atoms with Crippen LogP contribution in [0.2, 0.25) is 5.02 Å². The second-order valence-corrected chi connectivity index (χ2v) is 6.41. The molecule has 0 saturated carbocycles. The Morgan fingerprint density at radius 2 is 2.11 bits per heavy atom. The number of hydrogen-bond donors (Lipinski definition) is 1. The van der Waals surface area contributed by atoms with Gasteiger partial charge in [0.1, 0.15) is 0 Å². The fourth-order valence-electron chi connectivity index (χ4n) is 2.23. The molecular weight excluding hydrogens is 276 g/mol. The zero-order valence-corrected chi connectivity index (χ0v) is 13.9. The van der Waals surface area contributed by atoms with E-state index in [1.165, 1.54) is 5.56 Å². The lowest BCUT2D eigenvalue weighted by atomic mass is 10.1. The summed E-state index contributed by atoms with van der Waals surface area (Å²) >= 11 is 8.29. The molecule has 1 rings (SSSR count). The van der Waals surface area contributed by atoms with Gasteiger partial charge in [-0.3, -0.25) is 0 Å². The average molecular weight is 301 g/mol. The van der Waals surface area contributed by atoms with E-state index < -0.39 is 0 Å². The molecule has 2 nitrogen and oxygen atoms in total. The van der Waals surface area contributed by atoms with Crippen LogP contribution in [-0.2, 0) is 6.42 Å². The number of halogens is 1. The van der Waals surface area contributed by atoms with Crippen molar-refractivity contribution in [2.75, 3.05) is 24.0 Å². The molecule has 0 fully saturated rings. The number of nitrogens with two attached hydrogens (primary N) is 1. The highest BCUT2D eigenvalue weighted by Gasteiger charge is 2.15. The predicted molar refractivity (Wildman–Crippen MR) is 89.7 cm³/mol. The first-order chi connectivity index (χ1) is 8.99. The zero-order valence-electron chi connectivity index (χ0n) is 12.3. The van der Waals surface area contributed by atoms with Crippen molar-refractivity contribution in [1.29, 1.82) is 0 Å². The summed E-state index contributed by atoms with van der Waals surface area (Å²) in [7, 11) is 2.12. The Bertz CT molecular complexity index is 396. The molecule has 108 valence electrons. The van der Waals surface area contributed by atoms with Crippen molar-refractivity contribution >= 4 is 29.1 Å². The number of thioether (sulfide) groups is 1. The lowest BCUT2D eigenvalue weighted by Gasteiger charge is -2.29. The van der Waals surface area contributed by atoms with Gasteiger partial charge in [0.05, 0.1) is 10.7 Å². The largest absolute Gasteiger partial charge is 0.370 e. The molecule has 19 heavy (non-hydrogen) atoms. The molecule has 1 aromatic rings. The van der Waals surface area contributed by atoms with E-state index in [9.17, 15) is 0 Å². The van der Waals surface area contributed by atoms with Crippen molar-refractivity contribution in [1.82, 2.24) is 0 Å². The monoisotopic (exact) mass is 300 g/mol. The normalized spacial score (nSPS) is 14.2. The highest BCUT2D eigenvalue weighted by molar-refractivity contribution is 7.98. The Morgan fingerprint density at radius 3 is 2.58 bits per heavy atom. The first-order valence-corrected chi connectivity index (χ1v) is 8.52. The molecule has 0 aliphatic carbocycles. The van der Waals surface area contributed by atoms with Crippen LogP contribution in [0.1, 0.15) is 25.8 Å². The minimum absolute atomic E-state index is 0.166. The molecule has 0 heterocycles. The van der Waals surface area contributed by atoms with Crippen molar-refractivity contribution in [2.45, 2.75) is 38.8 Å². The van der Waals surface area contributed by atoms with Crippen molar-refractivity contribution < 1.29 is 0 Å². The van der Waals surface area contributed by atoms with Gasteiger partial charge in [-0.25, -0.2) is 0 Å². The van der Waals surface area contributed by atoms with E-state index in [4.69, 9.17) is 17.3 Å². The van der Waals surface area contributed by atoms with Gasteiger partial charge in [0.2, 0.25) is 0 Å². The maximum absolute atomic E-state index is 6.42. The molecule has 1 aromatic carbocycles. The minimum Gasteiger partial charge on any atom is -0.370 e. The molecule has 0 saturated heterocycles. The van der Waals surface area contributed by atoms with Gasteiger partial charge in [-0.1, -0.05) is 24.6 Å². The fraction of sp³-hybridized carbons (Fsp3) is 0.600. The van der Waals surface area contributed by atoms with Crippen LogP contribution in [0.15, 0.2) is 18.2 Å². The van der Waals surface area contributed by atoms with Gasteiger partial charge in [-0.2, -0.15) is 11.8 Å². The van der Waals surface area contributed by atoms with E-state index in [0.29, 0.717) is 6.04 Å². The zero-order chi connectivity index (χ0) is 14.4. The molecule has 2 unspecified atom stereocenters. The second-order valence-electron chi connectivity index (χ2n) is 5.10. The van der Waals surface area contributed by atoms with Crippen LogP contribution in [-0.4, -0.2) is 31.1 Å². The van der Waals surface area contributed by atoms with Crippen molar-refractivity contribution in [3.63, 3.8) is 0 Å². The third kappa shape index (κ3) is 4.90. The number of hydrogen-bond acceptors (Lipinski definition) is 3. The summed E-state index contributed by atoms with van der Waals surface area (Å²) in [5.41, 5.74) is 8.14. The molecule has 2 atom stereocenters. The smallest absolute Gasteiger partial charge is 0.0642 e. The van der Waals surface area contributed by atoms with Crippen molar-refractivity contribution in [3.8, 4) is 0 Å². The van der Waals surface area contributed by atoms with Gasteiger partial charge in [-0.05, 0) is 43.7 Å². The molecule has 0 aliphatic heterocycles. The number of rotatable bonds is 7. The summed E-state index contributed by atoms with van der Waals surface area (Å²) in [6, 6.07) is 6.98. The summed E-state index contributed by atoms with van der Waals surface area (Å²) in [5, 5.41) is 0.820. The van der Waals surface area contributed by atoms with Gasteiger partial charge in [-0.15, -0.1) is 0 Å². The third-order valence-corrected chi connectivity index (χ3v) is 4.35. The van der Waals surface area contributed by atoms with Crippen LogP contribution < -0.4 is 10.6 Å². The Labute approximate surface area is 126 Å². The summed E-state index contributed by atoms with van der Waals surface area (Å²) in [6.07, 6.45) is 4.13. The van der Waals surface area contributed by atoms with Crippen LogP contribution in [0.5, 0.6) is 0 Å². The SMILES string of the molecule is CCC(CSC)N(C)c1ccc(CC(C)N)cc1Cl. The first kappa shape index (κ1) is 16.7. The first-order valence-electron chi connectivity index (χ1n) is 6.75. The molecule has 2 N–H and O–H groups in total. The molecule has 0 radical (unpaired) electrons. The highest BCUT2D eigenvalue weighted by atomic mass is 35.5. The van der Waals surface area contributed by atoms with E-state index in [1.54, 1.807) is 0 Å². The molecule has 0 spiro atoms. The van der Waals surface area contributed by atoms with Gasteiger partial charge < -0.3 is 10.6 Å². The van der Waals surface area contributed by atoms with Crippen LogP contribution in [0, 0.1) is 0 Å². The molecule has 0 aromatic heterocycles. The summed E-state index contributed by atoms with van der Waals surface area (Å²) in [5.74, 6) is 1.12. The van der Waals surface area contributed by atoms with Crippen LogP contribution in [0.3, 0.4) is 0 Å². The molecule has 0 bridgehead atoms. The minimum atomic E-state index is 0.166. The molecular formula is C15H25ClN2S. The van der Waals surface area contributed by atoms with Gasteiger partial charge in [0.25, 0.3) is 0 Å². The van der Waals surface area contributed by atoms with Crippen LogP contribution in [0.25, 0.3) is 0 Å². The summed E-state index contributed by atoms with van der Waals surface area (Å²) in [4.78, 5) is 2.29. The Hall–Kier alpha value is -0.380. The van der Waals surface area contributed by atoms with E-state index >= 15 is 0 Å². The summed E-state index contributed by atoms with van der Waals surface area (Å²) in [6.45, 7) is 4.23. The van der Waals surface area contributed by atoms with Gasteiger partial charge in [0.15, 0.2) is 0 Å². The van der Waals surface area contributed by atoms with Crippen molar-refractivity contribution in [2.24, 2.45) is 5.73 Å². The van der Waals surface area contributed by atoms with Gasteiger partial charge >= 0.3 is 0 Å². The molecule has 0 amide bonds. The molecule has 0 aliphatic rings. The third-order valence-electron chi connectivity index (χ3n) is 3.33. The number of anilines is 1. The Kier molecular flexibility index (Phi) is 7.05. The Balaban J connectivity index is 2.88.